The zero-order valence-electron chi connectivity index (χ0n) is 7.59. The van der Waals surface area contributed by atoms with Gasteiger partial charge in [-0.15, -0.1) is 6.58 Å². The second-order valence-electron chi connectivity index (χ2n) is 3.06. The predicted molar refractivity (Wildman–Crippen MR) is 45.7 cm³/mol. The molecular formula is C9H17O2. The SMILES string of the molecule is C=C[CH]OOC(C)(C)CCC. The standard InChI is InChI=1S/C9H17O2/c1-5-7-9(3,4)11-10-8-6-2/h6,8H,2,5,7H2,1,3-4H3. The molecule has 11 heavy (non-hydrogen) atoms. The minimum Gasteiger partial charge on any atom is -0.230 e. The Kier molecular flexibility index (Phi) is 5.16. The topological polar surface area (TPSA) is 18.5 Å². The summed E-state index contributed by atoms with van der Waals surface area (Å²) in [5.41, 5.74) is -0.200. The van der Waals surface area contributed by atoms with E-state index >= 15 is 0 Å². The van der Waals surface area contributed by atoms with Crippen molar-refractivity contribution in [1.29, 1.82) is 0 Å². The predicted octanol–water partition coefficient (Wildman–Crippen LogP) is 2.86. The van der Waals surface area contributed by atoms with Crippen LogP contribution < -0.4 is 0 Å². The van der Waals surface area contributed by atoms with Crippen LogP contribution in [0.4, 0.5) is 0 Å². The van der Waals surface area contributed by atoms with E-state index in [0.717, 1.165) is 12.8 Å². The molecule has 0 atom stereocenters. The minimum absolute atomic E-state index is 0.200. The summed E-state index contributed by atoms with van der Waals surface area (Å²) < 4.78 is 0. The van der Waals surface area contributed by atoms with Gasteiger partial charge in [-0.05, 0) is 20.3 Å². The molecule has 65 valence electrons. The zero-order chi connectivity index (χ0) is 8.74. The van der Waals surface area contributed by atoms with Gasteiger partial charge in [0.05, 0.1) is 5.60 Å². The number of hydrogen-bond acceptors (Lipinski definition) is 2. The molecule has 0 bridgehead atoms. The van der Waals surface area contributed by atoms with E-state index in [1.54, 1.807) is 6.08 Å². The van der Waals surface area contributed by atoms with Crippen molar-refractivity contribution in [2.24, 2.45) is 0 Å². The average molecular weight is 157 g/mol. The van der Waals surface area contributed by atoms with E-state index in [1.807, 2.05) is 13.8 Å². The van der Waals surface area contributed by atoms with E-state index in [2.05, 4.69) is 13.5 Å². The third-order valence-electron chi connectivity index (χ3n) is 1.28. The smallest absolute Gasteiger partial charge is 0.144 e. The Morgan fingerprint density at radius 2 is 2.09 bits per heavy atom. The molecule has 0 aromatic heterocycles. The van der Waals surface area contributed by atoms with Crippen LogP contribution in [0.15, 0.2) is 12.7 Å². The Morgan fingerprint density at radius 1 is 1.45 bits per heavy atom. The Hall–Kier alpha value is -0.340. The van der Waals surface area contributed by atoms with Crippen LogP contribution in [0.3, 0.4) is 0 Å². The van der Waals surface area contributed by atoms with Gasteiger partial charge in [-0.25, -0.2) is 9.78 Å². The molecule has 0 aliphatic heterocycles. The summed E-state index contributed by atoms with van der Waals surface area (Å²) in [6.07, 6.45) is 3.62. The van der Waals surface area contributed by atoms with Crippen molar-refractivity contribution in [2.75, 3.05) is 0 Å². The van der Waals surface area contributed by atoms with Gasteiger partial charge in [0.1, 0.15) is 6.61 Å². The highest BCUT2D eigenvalue weighted by Crippen LogP contribution is 2.16. The lowest BCUT2D eigenvalue weighted by Gasteiger charge is -2.21. The van der Waals surface area contributed by atoms with E-state index in [9.17, 15) is 0 Å². The summed E-state index contributed by atoms with van der Waals surface area (Å²) in [5, 5.41) is 0. The maximum Gasteiger partial charge on any atom is 0.144 e. The van der Waals surface area contributed by atoms with Crippen LogP contribution >= 0.6 is 0 Å². The van der Waals surface area contributed by atoms with E-state index in [4.69, 9.17) is 9.78 Å². The third kappa shape index (κ3) is 6.07. The van der Waals surface area contributed by atoms with Crippen LogP contribution in [0.25, 0.3) is 0 Å². The van der Waals surface area contributed by atoms with Crippen molar-refractivity contribution in [3.63, 3.8) is 0 Å². The lowest BCUT2D eigenvalue weighted by atomic mass is 10.0. The van der Waals surface area contributed by atoms with Gasteiger partial charge in [0.2, 0.25) is 0 Å². The summed E-state index contributed by atoms with van der Waals surface area (Å²) in [6.45, 7) is 11.0. The maximum absolute atomic E-state index is 5.08. The molecule has 1 radical (unpaired) electrons. The Bertz CT molecular complexity index is 108. The van der Waals surface area contributed by atoms with Crippen molar-refractivity contribution in [2.45, 2.75) is 39.2 Å². The molecule has 0 spiro atoms. The lowest BCUT2D eigenvalue weighted by Crippen LogP contribution is -2.23. The van der Waals surface area contributed by atoms with Gasteiger partial charge in [-0.2, -0.15) is 0 Å². The molecule has 0 aliphatic carbocycles. The van der Waals surface area contributed by atoms with E-state index in [0.29, 0.717) is 0 Å². The summed E-state index contributed by atoms with van der Waals surface area (Å²) in [6, 6.07) is 0. The van der Waals surface area contributed by atoms with Crippen LogP contribution in [0.5, 0.6) is 0 Å². The van der Waals surface area contributed by atoms with Crippen molar-refractivity contribution in [1.82, 2.24) is 0 Å². The van der Waals surface area contributed by atoms with E-state index < -0.39 is 0 Å². The van der Waals surface area contributed by atoms with Crippen LogP contribution in [0.1, 0.15) is 33.6 Å². The fourth-order valence-electron chi connectivity index (χ4n) is 0.841. The van der Waals surface area contributed by atoms with Gasteiger partial charge in [0.25, 0.3) is 0 Å². The lowest BCUT2D eigenvalue weighted by molar-refractivity contribution is -0.329. The van der Waals surface area contributed by atoms with Crippen LogP contribution in [-0.4, -0.2) is 5.60 Å². The van der Waals surface area contributed by atoms with Gasteiger partial charge in [-0.3, -0.25) is 0 Å². The third-order valence-corrected chi connectivity index (χ3v) is 1.28. The molecule has 0 amide bonds. The normalized spacial score (nSPS) is 11.5. The quantitative estimate of drug-likeness (QED) is 0.335. The molecule has 0 unspecified atom stereocenters. The molecule has 2 nitrogen and oxygen atoms in total. The van der Waals surface area contributed by atoms with Gasteiger partial charge >= 0.3 is 0 Å². The fourth-order valence-corrected chi connectivity index (χ4v) is 0.841. The highest BCUT2D eigenvalue weighted by Gasteiger charge is 2.17. The van der Waals surface area contributed by atoms with Gasteiger partial charge < -0.3 is 0 Å². The van der Waals surface area contributed by atoms with E-state index in [-0.39, 0.29) is 5.60 Å². The Balaban J connectivity index is 3.45. The second-order valence-corrected chi connectivity index (χ2v) is 3.06. The second kappa shape index (κ2) is 5.33. The monoisotopic (exact) mass is 157 g/mol. The van der Waals surface area contributed by atoms with Crippen LogP contribution in [0.2, 0.25) is 0 Å². The minimum atomic E-state index is -0.200. The zero-order valence-corrected chi connectivity index (χ0v) is 7.59. The molecule has 0 aromatic rings. The molecule has 0 saturated carbocycles. The first-order valence-corrected chi connectivity index (χ1v) is 3.91. The van der Waals surface area contributed by atoms with Crippen molar-refractivity contribution in [3.05, 3.63) is 19.3 Å². The first kappa shape index (κ1) is 10.7. The highest BCUT2D eigenvalue weighted by atomic mass is 17.2. The summed E-state index contributed by atoms with van der Waals surface area (Å²) in [5.74, 6) is 0. The molecule has 2 heteroatoms. The molecule has 0 saturated heterocycles. The molecule has 0 heterocycles. The van der Waals surface area contributed by atoms with Crippen LogP contribution in [0, 0.1) is 6.61 Å². The Labute approximate surface area is 69.1 Å². The van der Waals surface area contributed by atoms with E-state index in [1.165, 1.54) is 6.61 Å². The molecule has 0 fully saturated rings. The fraction of sp³-hybridized carbons (Fsp3) is 0.667. The largest absolute Gasteiger partial charge is 0.230 e. The van der Waals surface area contributed by atoms with Crippen molar-refractivity contribution < 1.29 is 9.78 Å². The molecule has 0 aromatic carbocycles. The van der Waals surface area contributed by atoms with Gasteiger partial charge in [0, 0.05) is 0 Å². The summed E-state index contributed by atoms with van der Waals surface area (Å²) in [4.78, 5) is 9.84. The average Bonchev–Trinajstić information content (AvgIpc) is 1.87. The number of rotatable bonds is 6. The Morgan fingerprint density at radius 3 is 2.55 bits per heavy atom. The maximum atomic E-state index is 5.08. The first-order chi connectivity index (χ1) is 5.12. The summed E-state index contributed by atoms with van der Waals surface area (Å²) in [7, 11) is 0. The number of hydrogen-bond donors (Lipinski definition) is 0. The van der Waals surface area contributed by atoms with Gasteiger partial charge in [-0.1, -0.05) is 19.4 Å². The van der Waals surface area contributed by atoms with Crippen molar-refractivity contribution in [3.8, 4) is 0 Å². The first-order valence-electron chi connectivity index (χ1n) is 3.91. The molecule has 0 aliphatic rings. The summed E-state index contributed by atoms with van der Waals surface area (Å²) >= 11 is 0. The van der Waals surface area contributed by atoms with Gasteiger partial charge in [0.15, 0.2) is 0 Å². The van der Waals surface area contributed by atoms with Crippen LogP contribution in [-0.2, 0) is 9.78 Å². The molecular weight excluding hydrogens is 140 g/mol. The highest BCUT2D eigenvalue weighted by molar-refractivity contribution is 4.76. The molecule has 0 N–H and O–H groups in total. The van der Waals surface area contributed by atoms with Crippen molar-refractivity contribution >= 4 is 0 Å². The molecule has 0 rings (SSSR count).